The van der Waals surface area contributed by atoms with Crippen molar-refractivity contribution >= 4 is 0 Å². The highest BCUT2D eigenvalue weighted by Crippen LogP contribution is 2.43. The molecule has 0 saturated heterocycles. The summed E-state index contributed by atoms with van der Waals surface area (Å²) in [7, 11) is 2.08. The van der Waals surface area contributed by atoms with Gasteiger partial charge in [-0.3, -0.25) is 0 Å². The van der Waals surface area contributed by atoms with E-state index in [4.69, 9.17) is 0 Å². The summed E-state index contributed by atoms with van der Waals surface area (Å²) < 4.78 is 4.45. The van der Waals surface area contributed by atoms with E-state index in [1.54, 1.807) is 11.1 Å². The van der Waals surface area contributed by atoms with E-state index >= 15 is 0 Å². The lowest BCUT2D eigenvalue weighted by atomic mass is 9.72. The van der Waals surface area contributed by atoms with E-state index in [0.717, 1.165) is 0 Å². The average molecular weight is 219 g/mol. The molecule has 1 aromatic rings. The van der Waals surface area contributed by atoms with Gasteiger partial charge in [0, 0.05) is 0 Å². The Morgan fingerprint density at radius 3 is 2.62 bits per heavy atom. The first-order chi connectivity index (χ1) is 7.42. The first kappa shape index (κ1) is 11.4. The summed E-state index contributed by atoms with van der Waals surface area (Å²) in [5, 5.41) is 0. The Morgan fingerprint density at radius 2 is 2.06 bits per heavy atom. The first-order valence-electron chi connectivity index (χ1n) is 6.12. The van der Waals surface area contributed by atoms with E-state index < -0.39 is 0 Å². The predicted molar refractivity (Wildman–Crippen MR) is 66.0 cm³/mol. The summed E-state index contributed by atoms with van der Waals surface area (Å²) in [5.74, 6) is 0. The van der Waals surface area contributed by atoms with Crippen LogP contribution >= 0.6 is 0 Å². The van der Waals surface area contributed by atoms with Gasteiger partial charge in [-0.05, 0) is 37.7 Å². The Labute approximate surface area is 98.6 Å². The Balaban J connectivity index is 2.36. The van der Waals surface area contributed by atoms with Gasteiger partial charge in [-0.15, -0.1) is 0 Å². The fraction of sp³-hybridized carbons (Fsp3) is 0.643. The van der Waals surface area contributed by atoms with Gasteiger partial charge in [-0.25, -0.2) is 9.13 Å². The average Bonchev–Trinajstić information content (AvgIpc) is 2.62. The van der Waals surface area contributed by atoms with Crippen LogP contribution in [0.15, 0.2) is 29.9 Å². The SMILES string of the molecule is CC1=C(C)C(C)(C)CCC1n1cc[n+](C)c1. The molecule has 1 aromatic heterocycles. The Bertz CT molecular complexity index is 424. The van der Waals surface area contributed by atoms with Gasteiger partial charge >= 0.3 is 0 Å². The molecule has 16 heavy (non-hydrogen) atoms. The smallest absolute Gasteiger partial charge is 0.240 e. The molecular weight excluding hydrogens is 196 g/mol. The molecule has 0 aromatic carbocycles. The van der Waals surface area contributed by atoms with Gasteiger partial charge < -0.3 is 0 Å². The molecule has 1 atom stereocenters. The number of nitrogens with zero attached hydrogens (tertiary/aromatic N) is 2. The minimum Gasteiger partial charge on any atom is -0.240 e. The van der Waals surface area contributed by atoms with Gasteiger partial charge in [0.2, 0.25) is 6.33 Å². The number of aromatic nitrogens is 2. The third kappa shape index (κ3) is 1.81. The zero-order valence-electron chi connectivity index (χ0n) is 11.1. The number of rotatable bonds is 1. The largest absolute Gasteiger partial charge is 0.244 e. The maximum Gasteiger partial charge on any atom is 0.244 e. The topological polar surface area (TPSA) is 8.81 Å². The van der Waals surface area contributed by atoms with E-state index in [1.807, 2.05) is 0 Å². The molecule has 0 aliphatic heterocycles. The summed E-state index contributed by atoms with van der Waals surface area (Å²) in [6.07, 6.45) is 9.01. The van der Waals surface area contributed by atoms with Crippen molar-refractivity contribution in [1.82, 2.24) is 4.57 Å². The molecule has 0 amide bonds. The third-order valence-electron chi connectivity index (χ3n) is 4.30. The standard InChI is InChI=1S/C14H23N2/c1-11-12(2)14(3,4)7-6-13(11)16-9-8-15(5)10-16/h8-10,13H,6-7H2,1-5H3/q+1. The highest BCUT2D eigenvalue weighted by atomic mass is 15.1. The van der Waals surface area contributed by atoms with Crippen molar-refractivity contribution in [2.75, 3.05) is 0 Å². The summed E-state index contributed by atoms with van der Waals surface area (Å²) >= 11 is 0. The fourth-order valence-electron chi connectivity index (χ4n) is 2.71. The monoisotopic (exact) mass is 219 g/mol. The quantitative estimate of drug-likeness (QED) is 0.507. The lowest BCUT2D eigenvalue weighted by molar-refractivity contribution is -0.671. The van der Waals surface area contributed by atoms with E-state index in [-0.39, 0.29) is 0 Å². The van der Waals surface area contributed by atoms with Gasteiger partial charge in [-0.2, -0.15) is 0 Å². The van der Waals surface area contributed by atoms with Crippen LogP contribution in [0.4, 0.5) is 0 Å². The Kier molecular flexibility index (Phi) is 2.69. The van der Waals surface area contributed by atoms with Crippen LogP contribution in [0.5, 0.6) is 0 Å². The predicted octanol–water partition coefficient (Wildman–Crippen LogP) is 3.01. The highest BCUT2D eigenvalue weighted by Gasteiger charge is 2.33. The third-order valence-corrected chi connectivity index (χ3v) is 4.30. The van der Waals surface area contributed by atoms with Crippen molar-refractivity contribution in [3.8, 4) is 0 Å². The van der Waals surface area contributed by atoms with E-state index in [0.29, 0.717) is 11.5 Å². The molecule has 0 radical (unpaired) electrons. The molecule has 1 heterocycles. The molecule has 1 aliphatic carbocycles. The molecule has 88 valence electrons. The molecule has 2 heteroatoms. The van der Waals surface area contributed by atoms with Crippen molar-refractivity contribution in [3.05, 3.63) is 29.9 Å². The van der Waals surface area contributed by atoms with Crippen LogP contribution in [0, 0.1) is 5.41 Å². The van der Waals surface area contributed by atoms with Gasteiger partial charge in [-0.1, -0.05) is 19.4 Å². The number of aryl methyl sites for hydroxylation is 1. The molecule has 1 unspecified atom stereocenters. The molecule has 0 spiro atoms. The van der Waals surface area contributed by atoms with Crippen LogP contribution in [0.3, 0.4) is 0 Å². The molecule has 2 nitrogen and oxygen atoms in total. The maximum absolute atomic E-state index is 2.36. The lowest BCUT2D eigenvalue weighted by Gasteiger charge is -2.35. The van der Waals surface area contributed by atoms with E-state index in [9.17, 15) is 0 Å². The van der Waals surface area contributed by atoms with Gasteiger partial charge in [0.05, 0.1) is 7.05 Å². The van der Waals surface area contributed by atoms with Crippen LogP contribution in [0.2, 0.25) is 0 Å². The lowest BCUT2D eigenvalue weighted by Crippen LogP contribution is -2.28. The number of hydrogen-bond donors (Lipinski definition) is 0. The highest BCUT2D eigenvalue weighted by molar-refractivity contribution is 5.24. The maximum atomic E-state index is 2.36. The van der Waals surface area contributed by atoms with Crippen molar-refractivity contribution in [3.63, 3.8) is 0 Å². The summed E-state index contributed by atoms with van der Waals surface area (Å²) in [4.78, 5) is 0. The summed E-state index contributed by atoms with van der Waals surface area (Å²) in [5.41, 5.74) is 3.50. The van der Waals surface area contributed by atoms with Crippen LogP contribution in [-0.2, 0) is 7.05 Å². The Hall–Kier alpha value is -1.05. The molecule has 1 aliphatic rings. The van der Waals surface area contributed by atoms with E-state index in [1.165, 1.54) is 12.8 Å². The zero-order valence-corrected chi connectivity index (χ0v) is 11.1. The van der Waals surface area contributed by atoms with Crippen LogP contribution in [0.25, 0.3) is 0 Å². The van der Waals surface area contributed by atoms with Gasteiger partial charge in [0.1, 0.15) is 18.4 Å². The van der Waals surface area contributed by atoms with E-state index in [2.05, 4.69) is 62.6 Å². The summed E-state index contributed by atoms with van der Waals surface area (Å²) in [6.45, 7) is 9.31. The normalized spacial score (nSPS) is 24.9. The molecule has 0 bridgehead atoms. The van der Waals surface area contributed by atoms with Crippen molar-refractivity contribution in [1.29, 1.82) is 0 Å². The number of allylic oxidation sites excluding steroid dienone is 2. The molecule has 0 saturated carbocycles. The number of imidazole rings is 1. The van der Waals surface area contributed by atoms with Crippen LogP contribution in [0.1, 0.15) is 46.6 Å². The Morgan fingerprint density at radius 1 is 1.38 bits per heavy atom. The minimum atomic E-state index is 0.385. The van der Waals surface area contributed by atoms with Crippen molar-refractivity contribution in [2.45, 2.75) is 46.6 Å². The van der Waals surface area contributed by atoms with Gasteiger partial charge in [0.15, 0.2) is 0 Å². The first-order valence-corrected chi connectivity index (χ1v) is 6.12. The van der Waals surface area contributed by atoms with Crippen LogP contribution < -0.4 is 4.57 Å². The van der Waals surface area contributed by atoms with Gasteiger partial charge in [0.25, 0.3) is 0 Å². The fourth-order valence-corrected chi connectivity index (χ4v) is 2.71. The molecule has 2 rings (SSSR count). The number of hydrogen-bond acceptors (Lipinski definition) is 0. The second-order valence-electron chi connectivity index (χ2n) is 5.77. The minimum absolute atomic E-state index is 0.385. The molecule has 0 N–H and O–H groups in total. The van der Waals surface area contributed by atoms with Crippen molar-refractivity contribution in [2.24, 2.45) is 12.5 Å². The second-order valence-corrected chi connectivity index (χ2v) is 5.77. The summed E-state index contributed by atoms with van der Waals surface area (Å²) in [6, 6.07) is 0.564. The molecule has 0 fully saturated rings. The zero-order chi connectivity index (χ0) is 11.9. The molecular formula is C14H23N2+. The van der Waals surface area contributed by atoms with Crippen LogP contribution in [-0.4, -0.2) is 4.57 Å². The van der Waals surface area contributed by atoms with Crippen molar-refractivity contribution < 1.29 is 4.57 Å². The second kappa shape index (κ2) is 3.76.